The molecule has 1 atom stereocenters. The van der Waals surface area contributed by atoms with E-state index in [4.69, 9.17) is 9.57 Å². The number of aryl methyl sites for hydroxylation is 1. The lowest BCUT2D eigenvalue weighted by atomic mass is 10.0. The fourth-order valence-corrected chi connectivity index (χ4v) is 2.34. The number of nitrogens with one attached hydrogen (secondary N) is 1. The van der Waals surface area contributed by atoms with E-state index in [1.165, 1.54) is 0 Å². The van der Waals surface area contributed by atoms with Crippen LogP contribution in [0.4, 0.5) is 0 Å². The molecule has 2 heterocycles. The number of oxime groups is 1. The molecule has 3 rings (SSSR count). The standard InChI is InChI=1S/C16H18N4O3/c1-20-10-11(9-18-20)8-17-16(21)15-7-14(19-23-15)12-3-5-13(22-2)6-4-12/h3-6,9-10,15H,7-8H2,1-2H3,(H,17,21). The molecule has 1 amide bonds. The Morgan fingerprint density at radius 3 is 2.87 bits per heavy atom. The third-order valence-electron chi connectivity index (χ3n) is 3.61. The van der Waals surface area contributed by atoms with Crippen molar-refractivity contribution in [2.45, 2.75) is 19.1 Å². The van der Waals surface area contributed by atoms with Crippen molar-refractivity contribution in [3.63, 3.8) is 0 Å². The molecule has 7 nitrogen and oxygen atoms in total. The molecule has 7 heteroatoms. The van der Waals surface area contributed by atoms with Gasteiger partial charge in [0, 0.05) is 31.8 Å². The number of benzene rings is 1. The number of ether oxygens (including phenoxy) is 1. The van der Waals surface area contributed by atoms with Gasteiger partial charge in [-0.3, -0.25) is 9.48 Å². The first-order chi connectivity index (χ1) is 11.2. The topological polar surface area (TPSA) is 77.7 Å². The van der Waals surface area contributed by atoms with Crippen LogP contribution >= 0.6 is 0 Å². The smallest absolute Gasteiger partial charge is 0.264 e. The molecule has 1 aromatic carbocycles. The van der Waals surface area contributed by atoms with Crippen molar-refractivity contribution in [1.82, 2.24) is 15.1 Å². The molecule has 0 saturated carbocycles. The van der Waals surface area contributed by atoms with Crippen LogP contribution in [0.3, 0.4) is 0 Å². The predicted molar refractivity (Wildman–Crippen MR) is 84.1 cm³/mol. The van der Waals surface area contributed by atoms with Crippen LogP contribution in [0.2, 0.25) is 0 Å². The second-order valence-corrected chi connectivity index (χ2v) is 5.30. The van der Waals surface area contributed by atoms with Gasteiger partial charge in [0.2, 0.25) is 6.10 Å². The third-order valence-corrected chi connectivity index (χ3v) is 3.61. The Hall–Kier alpha value is -2.83. The molecule has 0 bridgehead atoms. The molecule has 1 aromatic heterocycles. The number of amides is 1. The van der Waals surface area contributed by atoms with Crippen molar-refractivity contribution in [2.75, 3.05) is 7.11 Å². The number of aromatic nitrogens is 2. The van der Waals surface area contributed by atoms with Gasteiger partial charge in [0.1, 0.15) is 5.75 Å². The van der Waals surface area contributed by atoms with Crippen molar-refractivity contribution in [3.05, 3.63) is 47.8 Å². The lowest BCUT2D eigenvalue weighted by Gasteiger charge is -2.08. The molecule has 1 N–H and O–H groups in total. The number of carbonyl (C=O) groups is 1. The van der Waals surface area contributed by atoms with Gasteiger partial charge in [0.15, 0.2) is 0 Å². The van der Waals surface area contributed by atoms with E-state index >= 15 is 0 Å². The molecule has 0 aliphatic carbocycles. The molecule has 1 aliphatic rings. The molecule has 0 spiro atoms. The third kappa shape index (κ3) is 3.50. The number of nitrogens with zero attached hydrogens (tertiary/aromatic N) is 3. The van der Waals surface area contributed by atoms with Gasteiger partial charge < -0.3 is 14.9 Å². The molecule has 120 valence electrons. The highest BCUT2D eigenvalue weighted by Gasteiger charge is 2.28. The maximum Gasteiger partial charge on any atom is 0.264 e. The monoisotopic (exact) mass is 314 g/mol. The molecular formula is C16H18N4O3. The van der Waals surface area contributed by atoms with E-state index in [2.05, 4.69) is 15.6 Å². The highest BCUT2D eigenvalue weighted by atomic mass is 16.6. The Bertz CT molecular complexity index is 721. The van der Waals surface area contributed by atoms with Gasteiger partial charge in [0.25, 0.3) is 5.91 Å². The summed E-state index contributed by atoms with van der Waals surface area (Å²) in [5, 5.41) is 10.9. The molecule has 0 fully saturated rings. The summed E-state index contributed by atoms with van der Waals surface area (Å²) in [5.74, 6) is 0.597. The van der Waals surface area contributed by atoms with Crippen molar-refractivity contribution < 1.29 is 14.4 Å². The molecular weight excluding hydrogens is 296 g/mol. The summed E-state index contributed by atoms with van der Waals surface area (Å²) in [5.41, 5.74) is 2.62. The highest BCUT2D eigenvalue weighted by Crippen LogP contribution is 2.19. The SMILES string of the molecule is COc1ccc(C2=NOC(C(=O)NCc3cnn(C)c3)C2)cc1. The number of hydrogen-bond acceptors (Lipinski definition) is 5. The number of carbonyl (C=O) groups excluding carboxylic acids is 1. The van der Waals surface area contributed by atoms with Crippen LogP contribution in [0.1, 0.15) is 17.5 Å². The van der Waals surface area contributed by atoms with Crippen LogP contribution < -0.4 is 10.1 Å². The van der Waals surface area contributed by atoms with Crippen LogP contribution in [0.25, 0.3) is 0 Å². The number of hydrogen-bond donors (Lipinski definition) is 1. The Morgan fingerprint density at radius 1 is 1.43 bits per heavy atom. The zero-order valence-electron chi connectivity index (χ0n) is 13.0. The van der Waals surface area contributed by atoms with Crippen LogP contribution in [0.15, 0.2) is 41.8 Å². The predicted octanol–water partition coefficient (Wildman–Crippen LogP) is 1.24. The average Bonchev–Trinajstić information content (AvgIpc) is 3.22. The second kappa shape index (κ2) is 6.51. The maximum absolute atomic E-state index is 12.1. The van der Waals surface area contributed by atoms with Crippen LogP contribution in [-0.4, -0.2) is 34.6 Å². The van der Waals surface area contributed by atoms with Crippen molar-refractivity contribution in [2.24, 2.45) is 12.2 Å². The fourth-order valence-electron chi connectivity index (χ4n) is 2.34. The van der Waals surface area contributed by atoms with Crippen molar-refractivity contribution in [3.8, 4) is 5.75 Å². The first kappa shape index (κ1) is 15.1. The molecule has 1 unspecified atom stereocenters. The summed E-state index contributed by atoms with van der Waals surface area (Å²) >= 11 is 0. The van der Waals surface area contributed by atoms with E-state index < -0.39 is 6.10 Å². The maximum atomic E-state index is 12.1. The second-order valence-electron chi connectivity index (χ2n) is 5.30. The zero-order chi connectivity index (χ0) is 16.2. The summed E-state index contributed by atoms with van der Waals surface area (Å²) in [6.07, 6.45) is 3.43. The van der Waals surface area contributed by atoms with E-state index in [0.29, 0.717) is 13.0 Å². The fraction of sp³-hybridized carbons (Fsp3) is 0.312. The average molecular weight is 314 g/mol. The summed E-state index contributed by atoms with van der Waals surface area (Å²) < 4.78 is 6.82. The van der Waals surface area contributed by atoms with E-state index in [9.17, 15) is 4.79 Å². The summed E-state index contributed by atoms with van der Waals surface area (Å²) in [6.45, 7) is 0.421. The Kier molecular flexibility index (Phi) is 4.27. The van der Waals surface area contributed by atoms with E-state index in [1.807, 2.05) is 37.5 Å². The summed E-state index contributed by atoms with van der Waals surface area (Å²) in [4.78, 5) is 17.4. The Labute approximate surface area is 133 Å². The Morgan fingerprint density at radius 2 is 2.22 bits per heavy atom. The molecule has 0 saturated heterocycles. The number of methoxy groups -OCH3 is 1. The van der Waals surface area contributed by atoms with E-state index in [1.54, 1.807) is 18.0 Å². The first-order valence-corrected chi connectivity index (χ1v) is 7.28. The zero-order valence-corrected chi connectivity index (χ0v) is 13.0. The first-order valence-electron chi connectivity index (χ1n) is 7.28. The van der Waals surface area contributed by atoms with Crippen LogP contribution in [0.5, 0.6) is 5.75 Å². The van der Waals surface area contributed by atoms with Gasteiger partial charge in [-0.1, -0.05) is 5.16 Å². The van der Waals surface area contributed by atoms with E-state index in [0.717, 1.165) is 22.6 Å². The molecule has 23 heavy (non-hydrogen) atoms. The van der Waals surface area contributed by atoms with Gasteiger partial charge >= 0.3 is 0 Å². The van der Waals surface area contributed by atoms with Crippen molar-refractivity contribution in [1.29, 1.82) is 0 Å². The van der Waals surface area contributed by atoms with Gasteiger partial charge in [-0.25, -0.2) is 0 Å². The lowest BCUT2D eigenvalue weighted by molar-refractivity contribution is -0.131. The Balaban J connectivity index is 1.54. The quantitative estimate of drug-likeness (QED) is 0.900. The molecule has 1 aliphatic heterocycles. The lowest BCUT2D eigenvalue weighted by Crippen LogP contribution is -2.34. The minimum absolute atomic E-state index is 0.180. The normalized spacial score (nSPS) is 16.6. The van der Waals surface area contributed by atoms with Gasteiger partial charge in [-0.05, 0) is 29.8 Å². The van der Waals surface area contributed by atoms with Gasteiger partial charge in [-0.2, -0.15) is 5.10 Å². The van der Waals surface area contributed by atoms with Gasteiger partial charge in [0.05, 0.1) is 19.0 Å². The largest absolute Gasteiger partial charge is 0.497 e. The van der Waals surface area contributed by atoms with Crippen LogP contribution in [-0.2, 0) is 23.2 Å². The minimum atomic E-state index is -0.594. The molecule has 0 radical (unpaired) electrons. The number of rotatable bonds is 5. The van der Waals surface area contributed by atoms with Crippen LogP contribution in [0, 0.1) is 0 Å². The van der Waals surface area contributed by atoms with Gasteiger partial charge in [-0.15, -0.1) is 0 Å². The molecule has 2 aromatic rings. The summed E-state index contributed by atoms with van der Waals surface area (Å²) in [6, 6.07) is 7.51. The highest BCUT2D eigenvalue weighted by molar-refractivity contribution is 6.04. The summed E-state index contributed by atoms with van der Waals surface area (Å²) in [7, 11) is 3.45. The minimum Gasteiger partial charge on any atom is -0.497 e. The van der Waals surface area contributed by atoms with E-state index in [-0.39, 0.29) is 5.91 Å². The van der Waals surface area contributed by atoms with Crippen molar-refractivity contribution >= 4 is 11.6 Å².